The third-order valence-corrected chi connectivity index (χ3v) is 4.11. The van der Waals surface area contributed by atoms with Crippen molar-refractivity contribution in [2.45, 2.75) is 62.4 Å². The van der Waals surface area contributed by atoms with Gasteiger partial charge in [-0.15, -0.1) is 0 Å². The summed E-state index contributed by atoms with van der Waals surface area (Å²) in [5.74, 6) is -1.33. The van der Waals surface area contributed by atoms with Crippen LogP contribution in [0, 0.1) is 0 Å². The fourth-order valence-corrected chi connectivity index (χ4v) is 3.19. The molecule has 0 amide bonds. The molecule has 0 aromatic carbocycles. The molecule has 0 unspecified atom stereocenters. The molecule has 0 radical (unpaired) electrons. The molecular formula is C12H18O4. The third-order valence-electron chi connectivity index (χ3n) is 4.11. The Morgan fingerprint density at radius 3 is 2.69 bits per heavy atom. The normalized spacial score (nSPS) is 48.3. The number of carbonyl (C=O) groups excluding carboxylic acids is 1. The molecule has 1 spiro atoms. The highest BCUT2D eigenvalue weighted by Gasteiger charge is 2.64. The van der Waals surface area contributed by atoms with E-state index in [1.165, 1.54) is 0 Å². The molecule has 1 aliphatic carbocycles. The lowest BCUT2D eigenvalue weighted by atomic mass is 9.79. The minimum atomic E-state index is -1.27. The van der Waals surface area contributed by atoms with E-state index in [1.54, 1.807) is 0 Å². The van der Waals surface area contributed by atoms with Crippen LogP contribution in [0.3, 0.4) is 0 Å². The summed E-state index contributed by atoms with van der Waals surface area (Å²) in [5.41, 5.74) is -1.27. The zero-order valence-corrected chi connectivity index (χ0v) is 9.41. The van der Waals surface area contributed by atoms with Crippen LogP contribution in [-0.4, -0.2) is 35.0 Å². The van der Waals surface area contributed by atoms with Crippen LogP contribution < -0.4 is 0 Å². The molecule has 3 fully saturated rings. The van der Waals surface area contributed by atoms with Crippen LogP contribution in [0.15, 0.2) is 0 Å². The van der Waals surface area contributed by atoms with Gasteiger partial charge in [-0.05, 0) is 32.1 Å². The maximum absolute atomic E-state index is 12.3. The van der Waals surface area contributed by atoms with Crippen LogP contribution in [0.25, 0.3) is 0 Å². The average Bonchev–Trinajstić information content (AvgIpc) is 2.52. The Balaban J connectivity index is 1.91. The van der Waals surface area contributed by atoms with E-state index in [0.29, 0.717) is 19.4 Å². The zero-order chi connectivity index (χ0) is 11.2. The van der Waals surface area contributed by atoms with E-state index in [0.717, 1.165) is 32.1 Å². The van der Waals surface area contributed by atoms with Gasteiger partial charge in [0.15, 0.2) is 5.60 Å². The SMILES string of the molecule is O=C1[C@]2(CCCCO2)O[C@@H]2CCCC[C@]12O. The maximum Gasteiger partial charge on any atom is 0.232 e. The van der Waals surface area contributed by atoms with Crippen molar-refractivity contribution in [1.29, 1.82) is 0 Å². The molecule has 1 saturated carbocycles. The highest BCUT2D eigenvalue weighted by atomic mass is 16.7. The number of aliphatic hydroxyl groups is 1. The Morgan fingerprint density at radius 2 is 2.00 bits per heavy atom. The minimum absolute atomic E-state index is 0.218. The van der Waals surface area contributed by atoms with Crippen LogP contribution in [0.2, 0.25) is 0 Å². The topological polar surface area (TPSA) is 55.8 Å². The van der Waals surface area contributed by atoms with Crippen molar-refractivity contribution in [2.75, 3.05) is 6.61 Å². The number of ketones is 1. The van der Waals surface area contributed by atoms with Gasteiger partial charge in [0, 0.05) is 6.42 Å². The van der Waals surface area contributed by atoms with Crippen molar-refractivity contribution in [3.8, 4) is 0 Å². The molecule has 4 heteroatoms. The number of fused-ring (bicyclic) bond motifs is 1. The molecule has 1 N–H and O–H groups in total. The predicted octanol–water partition coefficient (Wildman–Crippen LogP) is 1.16. The highest BCUT2D eigenvalue weighted by Crippen LogP contribution is 2.46. The maximum atomic E-state index is 12.3. The van der Waals surface area contributed by atoms with Gasteiger partial charge < -0.3 is 14.6 Å². The first kappa shape index (κ1) is 10.7. The van der Waals surface area contributed by atoms with E-state index < -0.39 is 11.4 Å². The van der Waals surface area contributed by atoms with Gasteiger partial charge in [-0.1, -0.05) is 6.42 Å². The molecule has 4 nitrogen and oxygen atoms in total. The number of ether oxygens (including phenoxy) is 2. The third kappa shape index (κ3) is 1.30. The van der Waals surface area contributed by atoms with Crippen LogP contribution >= 0.6 is 0 Å². The predicted molar refractivity (Wildman–Crippen MR) is 55.8 cm³/mol. The van der Waals surface area contributed by atoms with Gasteiger partial charge in [0.05, 0.1) is 12.7 Å². The highest BCUT2D eigenvalue weighted by molar-refractivity contribution is 5.96. The van der Waals surface area contributed by atoms with Gasteiger partial charge >= 0.3 is 0 Å². The van der Waals surface area contributed by atoms with Gasteiger partial charge in [-0.25, -0.2) is 0 Å². The van der Waals surface area contributed by atoms with Crippen molar-refractivity contribution >= 4 is 5.78 Å². The largest absolute Gasteiger partial charge is 0.379 e. The summed E-state index contributed by atoms with van der Waals surface area (Å²) in [7, 11) is 0. The summed E-state index contributed by atoms with van der Waals surface area (Å²) in [5, 5.41) is 10.4. The quantitative estimate of drug-likeness (QED) is 0.673. The molecular weight excluding hydrogens is 208 g/mol. The fraction of sp³-hybridized carbons (Fsp3) is 0.917. The summed E-state index contributed by atoms with van der Waals surface area (Å²) in [6, 6.07) is 0. The summed E-state index contributed by atoms with van der Waals surface area (Å²) >= 11 is 0. The van der Waals surface area contributed by atoms with Crippen molar-refractivity contribution in [3.63, 3.8) is 0 Å². The van der Waals surface area contributed by atoms with Crippen LogP contribution in [0.1, 0.15) is 44.9 Å². The molecule has 0 bridgehead atoms. The van der Waals surface area contributed by atoms with Crippen LogP contribution in [0.5, 0.6) is 0 Å². The molecule has 2 heterocycles. The number of hydrogen-bond donors (Lipinski definition) is 1. The van der Waals surface area contributed by atoms with Gasteiger partial charge in [0.2, 0.25) is 11.6 Å². The van der Waals surface area contributed by atoms with Crippen molar-refractivity contribution < 1.29 is 19.4 Å². The zero-order valence-electron chi connectivity index (χ0n) is 9.41. The summed E-state index contributed by atoms with van der Waals surface area (Å²) in [6.07, 6.45) is 5.40. The van der Waals surface area contributed by atoms with E-state index in [4.69, 9.17) is 9.47 Å². The monoisotopic (exact) mass is 226 g/mol. The van der Waals surface area contributed by atoms with E-state index in [-0.39, 0.29) is 11.9 Å². The molecule has 0 aromatic rings. The van der Waals surface area contributed by atoms with E-state index in [9.17, 15) is 9.90 Å². The van der Waals surface area contributed by atoms with E-state index in [2.05, 4.69) is 0 Å². The smallest absolute Gasteiger partial charge is 0.232 e. The Labute approximate surface area is 94.9 Å². The summed E-state index contributed by atoms with van der Waals surface area (Å²) < 4.78 is 11.4. The molecule has 2 aliphatic heterocycles. The number of hydrogen-bond acceptors (Lipinski definition) is 4. The van der Waals surface area contributed by atoms with E-state index in [1.807, 2.05) is 0 Å². The minimum Gasteiger partial charge on any atom is -0.379 e. The molecule has 3 aliphatic rings. The molecule has 3 atom stereocenters. The Kier molecular flexibility index (Phi) is 2.35. The molecule has 90 valence electrons. The summed E-state index contributed by atoms with van der Waals surface area (Å²) in [4.78, 5) is 12.3. The lowest BCUT2D eigenvalue weighted by molar-refractivity contribution is -0.239. The second-order valence-electron chi connectivity index (χ2n) is 5.16. The standard InChI is InChI=1S/C12H18O4/c13-10-11(14)6-2-1-5-9(11)16-12(10)7-3-4-8-15-12/h9,14H,1-8H2/t9-,11-,12+/m1/s1. The van der Waals surface area contributed by atoms with Crippen molar-refractivity contribution in [3.05, 3.63) is 0 Å². The Bertz CT molecular complexity index is 308. The molecule has 0 aromatic heterocycles. The second kappa shape index (κ2) is 3.52. The van der Waals surface area contributed by atoms with Crippen molar-refractivity contribution in [1.82, 2.24) is 0 Å². The van der Waals surface area contributed by atoms with Gasteiger partial charge in [0.25, 0.3) is 0 Å². The van der Waals surface area contributed by atoms with Crippen LogP contribution in [0.4, 0.5) is 0 Å². The van der Waals surface area contributed by atoms with Crippen molar-refractivity contribution in [2.24, 2.45) is 0 Å². The first-order valence-corrected chi connectivity index (χ1v) is 6.26. The van der Waals surface area contributed by atoms with E-state index >= 15 is 0 Å². The Morgan fingerprint density at radius 1 is 1.19 bits per heavy atom. The average molecular weight is 226 g/mol. The first-order valence-electron chi connectivity index (χ1n) is 6.26. The van der Waals surface area contributed by atoms with Crippen LogP contribution in [-0.2, 0) is 14.3 Å². The first-order chi connectivity index (χ1) is 7.67. The van der Waals surface area contributed by atoms with Gasteiger partial charge in [-0.3, -0.25) is 4.79 Å². The fourth-order valence-electron chi connectivity index (χ4n) is 3.19. The Hall–Kier alpha value is -0.450. The number of rotatable bonds is 0. The number of Topliss-reactive ketones (excluding diaryl/α,β-unsaturated/α-hetero) is 1. The molecule has 3 rings (SSSR count). The molecule has 16 heavy (non-hydrogen) atoms. The lowest BCUT2D eigenvalue weighted by Crippen LogP contribution is -2.51. The second-order valence-corrected chi connectivity index (χ2v) is 5.16. The summed E-state index contributed by atoms with van der Waals surface area (Å²) in [6.45, 7) is 0.564. The molecule has 2 saturated heterocycles. The lowest BCUT2D eigenvalue weighted by Gasteiger charge is -2.31. The van der Waals surface area contributed by atoms with Gasteiger partial charge in [-0.2, -0.15) is 0 Å². The number of carbonyl (C=O) groups is 1. The van der Waals surface area contributed by atoms with Gasteiger partial charge in [0.1, 0.15) is 0 Å².